The molecular formula is C18H29NO4. The van der Waals surface area contributed by atoms with Gasteiger partial charge in [0.25, 0.3) is 0 Å². The van der Waals surface area contributed by atoms with Gasteiger partial charge in [0.1, 0.15) is 11.6 Å². The zero-order valence-electron chi connectivity index (χ0n) is 14.9. The molecule has 1 aliphatic heterocycles. The first-order valence-corrected chi connectivity index (χ1v) is 8.43. The molecule has 1 unspecified atom stereocenters. The van der Waals surface area contributed by atoms with Gasteiger partial charge in [-0.05, 0) is 51.4 Å². The van der Waals surface area contributed by atoms with Crippen LogP contribution in [-0.4, -0.2) is 41.8 Å². The van der Waals surface area contributed by atoms with Gasteiger partial charge >= 0.3 is 12.1 Å². The summed E-state index contributed by atoms with van der Waals surface area (Å²) >= 11 is 0. The molecule has 5 heteroatoms. The highest BCUT2D eigenvalue weighted by atomic mass is 16.6. The Bertz CT molecular complexity index is 482. The second kappa shape index (κ2) is 6.54. The smallest absolute Gasteiger partial charge is 0.411 e. The largest absolute Gasteiger partial charge is 0.464 e. The zero-order chi connectivity index (χ0) is 17.3. The molecule has 1 aliphatic carbocycles. The number of hydrogen-bond acceptors (Lipinski definition) is 4. The van der Waals surface area contributed by atoms with Crippen molar-refractivity contribution in [3.63, 3.8) is 0 Å². The highest BCUT2D eigenvalue weighted by Crippen LogP contribution is 2.45. The number of allylic oxidation sites excluding steroid dienone is 2. The van der Waals surface area contributed by atoms with Crippen molar-refractivity contribution in [3.8, 4) is 0 Å². The summed E-state index contributed by atoms with van der Waals surface area (Å²) < 4.78 is 10.9. The average molecular weight is 323 g/mol. The quantitative estimate of drug-likeness (QED) is 0.589. The molecule has 0 N–H and O–H groups in total. The van der Waals surface area contributed by atoms with Crippen LogP contribution in [0.3, 0.4) is 0 Å². The second-order valence-electron chi connectivity index (χ2n) is 8.23. The van der Waals surface area contributed by atoms with Crippen LogP contribution in [0.25, 0.3) is 0 Å². The highest BCUT2D eigenvalue weighted by Gasteiger charge is 2.50. The lowest BCUT2D eigenvalue weighted by Crippen LogP contribution is -2.44. The Morgan fingerprint density at radius 3 is 2.39 bits per heavy atom. The molecule has 1 amide bonds. The summed E-state index contributed by atoms with van der Waals surface area (Å²) in [7, 11) is 0. The topological polar surface area (TPSA) is 55.8 Å². The van der Waals surface area contributed by atoms with E-state index in [4.69, 9.17) is 9.47 Å². The molecule has 2 rings (SSSR count). The van der Waals surface area contributed by atoms with E-state index in [0.717, 1.165) is 12.8 Å². The van der Waals surface area contributed by atoms with Gasteiger partial charge in [-0.1, -0.05) is 26.0 Å². The first-order valence-electron chi connectivity index (χ1n) is 8.43. The monoisotopic (exact) mass is 323 g/mol. The third kappa shape index (κ3) is 4.49. The molecule has 130 valence electrons. The highest BCUT2D eigenvalue weighted by molar-refractivity contribution is 5.82. The van der Waals surface area contributed by atoms with Crippen LogP contribution >= 0.6 is 0 Å². The predicted octanol–water partition coefficient (Wildman–Crippen LogP) is 3.53. The molecule has 1 atom stereocenters. The molecule has 1 heterocycles. The maximum atomic E-state index is 12.5. The summed E-state index contributed by atoms with van der Waals surface area (Å²) in [6.45, 7) is 10.4. The number of carbonyl (C=O) groups is 2. The van der Waals surface area contributed by atoms with Crippen molar-refractivity contribution in [2.24, 2.45) is 11.3 Å². The first-order chi connectivity index (χ1) is 10.6. The van der Waals surface area contributed by atoms with Crippen molar-refractivity contribution in [2.45, 2.75) is 65.5 Å². The predicted molar refractivity (Wildman–Crippen MR) is 87.9 cm³/mol. The van der Waals surface area contributed by atoms with E-state index in [1.807, 2.05) is 34.6 Å². The van der Waals surface area contributed by atoms with E-state index < -0.39 is 17.7 Å². The number of esters is 1. The Kier molecular flexibility index (Phi) is 5.07. The van der Waals surface area contributed by atoms with E-state index in [1.165, 1.54) is 0 Å². The number of hydrogen-bond donors (Lipinski definition) is 0. The van der Waals surface area contributed by atoms with E-state index in [2.05, 4.69) is 12.2 Å². The van der Waals surface area contributed by atoms with E-state index in [1.54, 1.807) is 4.90 Å². The van der Waals surface area contributed by atoms with Gasteiger partial charge in [-0.3, -0.25) is 4.90 Å². The van der Waals surface area contributed by atoms with Crippen molar-refractivity contribution in [1.82, 2.24) is 4.90 Å². The summed E-state index contributed by atoms with van der Waals surface area (Å²) in [4.78, 5) is 26.6. The molecular weight excluding hydrogens is 294 g/mol. The lowest BCUT2D eigenvalue weighted by atomic mass is 9.83. The minimum atomic E-state index is -0.576. The SMILES string of the molecule is CC(C)COC(=O)C1CC2(CC=CC2)CN1C(=O)OC(C)(C)C. The van der Waals surface area contributed by atoms with Crippen LogP contribution in [0.2, 0.25) is 0 Å². The van der Waals surface area contributed by atoms with Gasteiger partial charge < -0.3 is 9.47 Å². The minimum Gasteiger partial charge on any atom is -0.464 e. The molecule has 0 aromatic carbocycles. The fraction of sp³-hybridized carbons (Fsp3) is 0.778. The Balaban J connectivity index is 2.11. The van der Waals surface area contributed by atoms with Crippen LogP contribution in [0.1, 0.15) is 53.9 Å². The summed E-state index contributed by atoms with van der Waals surface area (Å²) in [6.07, 6.45) is 6.30. The Morgan fingerprint density at radius 2 is 1.87 bits per heavy atom. The third-order valence-electron chi connectivity index (χ3n) is 4.24. The van der Waals surface area contributed by atoms with Gasteiger partial charge in [0.2, 0.25) is 0 Å². The maximum absolute atomic E-state index is 12.5. The number of ether oxygens (including phenoxy) is 2. The van der Waals surface area contributed by atoms with E-state index in [-0.39, 0.29) is 17.3 Å². The van der Waals surface area contributed by atoms with Crippen LogP contribution in [-0.2, 0) is 14.3 Å². The van der Waals surface area contributed by atoms with E-state index in [9.17, 15) is 9.59 Å². The fourth-order valence-corrected chi connectivity index (χ4v) is 3.17. The van der Waals surface area contributed by atoms with Gasteiger partial charge in [0.15, 0.2) is 0 Å². The van der Waals surface area contributed by atoms with Crippen molar-refractivity contribution >= 4 is 12.1 Å². The van der Waals surface area contributed by atoms with Crippen molar-refractivity contribution in [1.29, 1.82) is 0 Å². The number of likely N-dealkylation sites (tertiary alicyclic amines) is 1. The van der Waals surface area contributed by atoms with E-state index >= 15 is 0 Å². The molecule has 1 saturated heterocycles. The summed E-state index contributed by atoms with van der Waals surface area (Å²) in [5.74, 6) is -0.0363. The normalized spacial score (nSPS) is 22.9. The third-order valence-corrected chi connectivity index (χ3v) is 4.24. The molecule has 0 radical (unpaired) electrons. The summed E-state index contributed by atoms with van der Waals surface area (Å²) in [6, 6.07) is -0.538. The average Bonchev–Trinajstić information content (AvgIpc) is 3.02. The summed E-state index contributed by atoms with van der Waals surface area (Å²) in [5.41, 5.74) is -0.606. The van der Waals surface area contributed by atoms with Crippen LogP contribution in [0.15, 0.2) is 12.2 Å². The molecule has 2 aliphatic rings. The number of nitrogens with zero attached hydrogens (tertiary/aromatic N) is 1. The fourth-order valence-electron chi connectivity index (χ4n) is 3.17. The lowest BCUT2D eigenvalue weighted by molar-refractivity contribution is -0.150. The molecule has 0 aromatic heterocycles. The van der Waals surface area contributed by atoms with Gasteiger partial charge in [-0.15, -0.1) is 0 Å². The molecule has 0 saturated carbocycles. The maximum Gasteiger partial charge on any atom is 0.411 e. The molecule has 0 bridgehead atoms. The minimum absolute atomic E-state index is 0.0293. The molecule has 0 aromatic rings. The van der Waals surface area contributed by atoms with Crippen LogP contribution in [0.4, 0.5) is 4.79 Å². The molecule has 1 spiro atoms. The number of rotatable bonds is 3. The van der Waals surface area contributed by atoms with E-state index in [0.29, 0.717) is 19.6 Å². The first kappa shape index (κ1) is 17.8. The van der Waals surface area contributed by atoms with Gasteiger partial charge in [0, 0.05) is 6.54 Å². The molecule has 1 fully saturated rings. The van der Waals surface area contributed by atoms with Crippen molar-refractivity contribution < 1.29 is 19.1 Å². The number of carbonyl (C=O) groups excluding carboxylic acids is 2. The van der Waals surface area contributed by atoms with Crippen molar-refractivity contribution in [3.05, 3.63) is 12.2 Å². The van der Waals surface area contributed by atoms with Gasteiger partial charge in [-0.25, -0.2) is 9.59 Å². The lowest BCUT2D eigenvalue weighted by Gasteiger charge is -2.28. The second-order valence-corrected chi connectivity index (χ2v) is 8.23. The van der Waals surface area contributed by atoms with Crippen LogP contribution in [0.5, 0.6) is 0 Å². The Hall–Kier alpha value is -1.52. The summed E-state index contributed by atoms with van der Waals surface area (Å²) in [5, 5.41) is 0. The molecule has 23 heavy (non-hydrogen) atoms. The number of amides is 1. The Morgan fingerprint density at radius 1 is 1.26 bits per heavy atom. The zero-order valence-corrected chi connectivity index (χ0v) is 14.9. The van der Waals surface area contributed by atoms with Crippen LogP contribution in [0, 0.1) is 11.3 Å². The standard InChI is InChI=1S/C18H29NO4/c1-13(2)11-22-15(20)14-10-18(8-6-7-9-18)12-19(14)16(21)23-17(3,4)5/h6-7,13-14H,8-12H2,1-5H3. The van der Waals surface area contributed by atoms with Crippen molar-refractivity contribution in [2.75, 3.05) is 13.2 Å². The van der Waals surface area contributed by atoms with Crippen LogP contribution < -0.4 is 0 Å². The van der Waals surface area contributed by atoms with Gasteiger partial charge in [0.05, 0.1) is 6.61 Å². The van der Waals surface area contributed by atoms with Gasteiger partial charge in [-0.2, -0.15) is 0 Å². The Labute approximate surface area is 139 Å². The molecule has 5 nitrogen and oxygen atoms in total.